The Morgan fingerprint density at radius 2 is 1.94 bits per heavy atom. The van der Waals surface area contributed by atoms with Crippen LogP contribution in [0.15, 0.2) is 42.5 Å². The Hall–Kier alpha value is -2.94. The topological polar surface area (TPSA) is 129 Å². The van der Waals surface area contributed by atoms with E-state index in [1.165, 1.54) is 23.1 Å². The van der Waals surface area contributed by atoms with Gasteiger partial charge in [0.25, 0.3) is 11.8 Å². The van der Waals surface area contributed by atoms with Gasteiger partial charge in [-0.1, -0.05) is 44.5 Å². The zero-order valence-corrected chi connectivity index (χ0v) is 18.9. The van der Waals surface area contributed by atoms with Gasteiger partial charge in [-0.15, -0.1) is 0 Å². The number of halogens is 1. The molecule has 1 heterocycles. The van der Waals surface area contributed by atoms with E-state index in [1.54, 1.807) is 0 Å². The lowest BCUT2D eigenvalue weighted by molar-refractivity contribution is -0.150. The van der Waals surface area contributed by atoms with E-state index in [0.29, 0.717) is 17.8 Å². The van der Waals surface area contributed by atoms with E-state index in [4.69, 9.17) is 27.5 Å². The number of nitrogens with zero attached hydrogens (tertiary/aromatic N) is 1. The van der Waals surface area contributed by atoms with Gasteiger partial charge >= 0.3 is 0 Å². The Morgan fingerprint density at radius 3 is 2.50 bits per heavy atom. The van der Waals surface area contributed by atoms with Crippen LogP contribution in [0.3, 0.4) is 0 Å². The van der Waals surface area contributed by atoms with Crippen molar-refractivity contribution in [1.29, 1.82) is 5.41 Å². The molecule has 0 spiro atoms. The number of carbonyl (C=O) groups excluding carboxylic acids is 2. The summed E-state index contributed by atoms with van der Waals surface area (Å²) in [6.45, 7) is 6.80. The molecule has 2 aromatic rings. The molecule has 1 saturated heterocycles. The first-order chi connectivity index (χ1) is 15.0. The molecule has 3 rings (SSSR count). The van der Waals surface area contributed by atoms with Gasteiger partial charge in [0.2, 0.25) is 0 Å². The highest BCUT2D eigenvalue weighted by Gasteiger charge is 2.39. The molecular weight excluding hydrogens is 432 g/mol. The summed E-state index contributed by atoms with van der Waals surface area (Å²) in [5, 5.41) is 20.6. The summed E-state index contributed by atoms with van der Waals surface area (Å²) in [5.41, 5.74) is 7.82. The van der Waals surface area contributed by atoms with Crippen molar-refractivity contribution in [1.82, 2.24) is 0 Å². The van der Waals surface area contributed by atoms with Crippen molar-refractivity contribution in [3.63, 3.8) is 0 Å². The van der Waals surface area contributed by atoms with Gasteiger partial charge in [-0.25, -0.2) is 0 Å². The number of hydrogen-bond acceptors (Lipinski definition) is 5. The second kappa shape index (κ2) is 9.28. The summed E-state index contributed by atoms with van der Waals surface area (Å²) < 4.78 is 5.44. The molecule has 2 atom stereocenters. The Balaban J connectivity index is 1.72. The van der Waals surface area contributed by atoms with Crippen LogP contribution in [0.5, 0.6) is 0 Å². The highest BCUT2D eigenvalue weighted by molar-refractivity contribution is 6.34. The van der Waals surface area contributed by atoms with E-state index in [1.807, 2.05) is 24.3 Å². The smallest absolute Gasteiger partial charge is 0.259 e. The van der Waals surface area contributed by atoms with Crippen molar-refractivity contribution in [3.8, 4) is 0 Å². The van der Waals surface area contributed by atoms with E-state index in [9.17, 15) is 14.7 Å². The molecule has 1 fully saturated rings. The summed E-state index contributed by atoms with van der Waals surface area (Å²) in [4.78, 5) is 27.1. The van der Waals surface area contributed by atoms with E-state index < -0.39 is 24.0 Å². The normalized spacial score (nSPS) is 17.7. The molecule has 5 N–H and O–H groups in total. The molecular formula is C23H27ClN4O4. The second-order valence-corrected chi connectivity index (χ2v) is 9.03. The molecule has 2 aromatic carbocycles. The molecule has 1 aliphatic heterocycles. The highest BCUT2D eigenvalue weighted by Crippen LogP contribution is 2.27. The maximum atomic E-state index is 13.0. The summed E-state index contributed by atoms with van der Waals surface area (Å²) in [6, 6.07) is 12.0. The third-order valence-electron chi connectivity index (χ3n) is 5.26. The van der Waals surface area contributed by atoms with Gasteiger partial charge in [0.05, 0.1) is 17.3 Å². The van der Waals surface area contributed by atoms with Gasteiger partial charge in [-0.3, -0.25) is 15.0 Å². The summed E-state index contributed by atoms with van der Waals surface area (Å²) in [7, 11) is 0. The molecule has 9 heteroatoms. The fourth-order valence-corrected chi connectivity index (χ4v) is 3.59. The van der Waals surface area contributed by atoms with Crippen molar-refractivity contribution in [2.24, 2.45) is 5.73 Å². The fraction of sp³-hybridized carbons (Fsp3) is 0.348. The number of ether oxygens (including phenoxy) is 1. The number of anilines is 2. The van der Waals surface area contributed by atoms with Crippen LogP contribution in [0, 0.1) is 5.41 Å². The van der Waals surface area contributed by atoms with Crippen molar-refractivity contribution in [3.05, 3.63) is 58.6 Å². The first-order valence-corrected chi connectivity index (χ1v) is 10.5. The SMILES string of the molecule is CC(C)(C)c1ccc(N2CCO[C@H](C(O)C(=O)Nc3ccc(C(=N)N)cc3Cl)C2=O)cc1. The molecule has 0 bridgehead atoms. The minimum absolute atomic E-state index is 0.0196. The summed E-state index contributed by atoms with van der Waals surface area (Å²) >= 11 is 6.13. The fourth-order valence-electron chi connectivity index (χ4n) is 3.36. The standard InChI is InChI=1S/C23H27ClN4O4/c1-23(2,3)14-5-7-15(8-6-14)28-10-11-32-19(22(28)31)18(29)21(30)27-17-9-4-13(20(25)26)12-16(17)24/h4-9,12,18-19,29H,10-11H2,1-3H3,(H3,25,26)(H,27,30)/t18?,19-/m1/s1. The minimum atomic E-state index is -1.73. The van der Waals surface area contributed by atoms with Crippen LogP contribution in [0.1, 0.15) is 31.9 Å². The van der Waals surface area contributed by atoms with Gasteiger partial charge in [0, 0.05) is 17.8 Å². The molecule has 0 aliphatic carbocycles. The van der Waals surface area contributed by atoms with E-state index in [-0.39, 0.29) is 28.6 Å². The predicted octanol–water partition coefficient (Wildman–Crippen LogP) is 2.65. The Kier molecular flexibility index (Phi) is 6.88. The van der Waals surface area contributed by atoms with Gasteiger partial charge < -0.3 is 25.8 Å². The van der Waals surface area contributed by atoms with Gasteiger partial charge in [-0.05, 0) is 41.3 Å². The number of nitrogen functional groups attached to an aromatic ring is 1. The van der Waals surface area contributed by atoms with E-state index >= 15 is 0 Å². The number of carbonyl (C=O) groups is 2. The number of aliphatic hydroxyl groups excluding tert-OH is 1. The lowest BCUT2D eigenvalue weighted by Gasteiger charge is -2.34. The van der Waals surface area contributed by atoms with Crippen molar-refractivity contribution >= 4 is 40.6 Å². The average Bonchev–Trinajstić information content (AvgIpc) is 2.74. The molecule has 170 valence electrons. The van der Waals surface area contributed by atoms with Gasteiger partial charge in [0.1, 0.15) is 5.84 Å². The largest absolute Gasteiger partial charge is 0.384 e. The zero-order valence-electron chi connectivity index (χ0n) is 18.2. The molecule has 8 nitrogen and oxygen atoms in total. The molecule has 1 aliphatic rings. The molecule has 0 radical (unpaired) electrons. The van der Waals surface area contributed by atoms with Crippen LogP contribution in [-0.4, -0.2) is 48.1 Å². The number of amidine groups is 1. The Morgan fingerprint density at radius 1 is 1.28 bits per heavy atom. The Labute approximate surface area is 191 Å². The predicted molar refractivity (Wildman–Crippen MR) is 124 cm³/mol. The molecule has 2 amide bonds. The van der Waals surface area contributed by atoms with E-state index in [0.717, 1.165) is 5.56 Å². The van der Waals surface area contributed by atoms with Crippen LogP contribution in [-0.2, 0) is 19.7 Å². The van der Waals surface area contributed by atoms with E-state index in [2.05, 4.69) is 26.1 Å². The quantitative estimate of drug-likeness (QED) is 0.404. The van der Waals surface area contributed by atoms with Crippen LogP contribution >= 0.6 is 11.6 Å². The summed E-state index contributed by atoms with van der Waals surface area (Å²) in [6.07, 6.45) is -3.08. The first-order valence-electron chi connectivity index (χ1n) is 10.2. The molecule has 0 aromatic heterocycles. The van der Waals surface area contributed by atoms with Gasteiger partial charge in [0.15, 0.2) is 12.2 Å². The third-order valence-corrected chi connectivity index (χ3v) is 5.57. The number of nitrogens with one attached hydrogen (secondary N) is 2. The molecule has 0 saturated carbocycles. The van der Waals surface area contributed by atoms with Crippen LogP contribution in [0.25, 0.3) is 0 Å². The van der Waals surface area contributed by atoms with Crippen LogP contribution in [0.2, 0.25) is 5.02 Å². The maximum absolute atomic E-state index is 13.0. The number of rotatable bonds is 5. The zero-order chi connectivity index (χ0) is 23.6. The lowest BCUT2D eigenvalue weighted by Crippen LogP contribution is -2.55. The molecule has 32 heavy (non-hydrogen) atoms. The number of hydrogen-bond donors (Lipinski definition) is 4. The van der Waals surface area contributed by atoms with Crippen molar-refractivity contribution in [2.45, 2.75) is 38.4 Å². The molecule has 1 unspecified atom stereocenters. The average molecular weight is 459 g/mol. The monoisotopic (exact) mass is 458 g/mol. The van der Waals surface area contributed by atoms with Gasteiger partial charge in [-0.2, -0.15) is 0 Å². The number of morpholine rings is 1. The van der Waals surface area contributed by atoms with Crippen molar-refractivity contribution in [2.75, 3.05) is 23.4 Å². The number of nitrogens with two attached hydrogens (primary N) is 1. The minimum Gasteiger partial charge on any atom is -0.384 e. The number of aliphatic hydroxyl groups is 1. The highest BCUT2D eigenvalue weighted by atomic mass is 35.5. The van der Waals surface area contributed by atoms with Crippen LogP contribution in [0.4, 0.5) is 11.4 Å². The third kappa shape index (κ3) is 5.09. The van der Waals surface area contributed by atoms with Crippen LogP contribution < -0.4 is 16.0 Å². The first kappa shape index (κ1) is 23.7. The van der Waals surface area contributed by atoms with Crippen molar-refractivity contribution < 1.29 is 19.4 Å². The number of benzene rings is 2. The lowest BCUT2D eigenvalue weighted by atomic mass is 9.87. The second-order valence-electron chi connectivity index (χ2n) is 8.62. The number of amides is 2. The summed E-state index contributed by atoms with van der Waals surface area (Å²) in [5.74, 6) is -1.49. The maximum Gasteiger partial charge on any atom is 0.259 e. The Bertz CT molecular complexity index is 1030.